The van der Waals surface area contributed by atoms with Gasteiger partial charge in [0.2, 0.25) is 0 Å². The minimum absolute atomic E-state index is 0.0547. The number of amides is 1. The minimum atomic E-state index is -0.0825. The first-order valence-electron chi connectivity index (χ1n) is 5.26. The van der Waals surface area contributed by atoms with E-state index in [4.69, 9.17) is 34.8 Å². The Kier molecular flexibility index (Phi) is 5.57. The first-order chi connectivity index (χ1) is 7.91. The van der Waals surface area contributed by atoms with E-state index in [1.165, 1.54) is 0 Å². The standard InChI is InChI=1S/C12H14Cl3NO/c1-8(13)5-6-16(2)12(17)9-3-4-10(14)11(15)7-9/h3-4,7-8H,5-6H2,1-2H3. The van der Waals surface area contributed by atoms with Crippen LogP contribution in [-0.2, 0) is 0 Å². The zero-order valence-electron chi connectivity index (χ0n) is 9.71. The summed E-state index contributed by atoms with van der Waals surface area (Å²) in [5.41, 5.74) is 0.532. The second-order valence-electron chi connectivity index (χ2n) is 3.93. The van der Waals surface area contributed by atoms with Crippen LogP contribution in [0.4, 0.5) is 0 Å². The Hall–Kier alpha value is -0.440. The molecular formula is C12H14Cl3NO. The number of carbonyl (C=O) groups is 1. The predicted molar refractivity (Wildman–Crippen MR) is 73.4 cm³/mol. The number of carbonyl (C=O) groups excluding carboxylic acids is 1. The summed E-state index contributed by atoms with van der Waals surface area (Å²) in [4.78, 5) is 13.6. The summed E-state index contributed by atoms with van der Waals surface area (Å²) in [6.45, 7) is 2.52. The van der Waals surface area contributed by atoms with Gasteiger partial charge in [-0.1, -0.05) is 23.2 Å². The number of rotatable bonds is 4. The highest BCUT2D eigenvalue weighted by molar-refractivity contribution is 6.42. The molecule has 0 aliphatic carbocycles. The molecule has 0 aromatic heterocycles. The van der Waals surface area contributed by atoms with Gasteiger partial charge in [-0.15, -0.1) is 11.6 Å². The summed E-state index contributed by atoms with van der Waals surface area (Å²) in [7, 11) is 1.74. The van der Waals surface area contributed by atoms with Crippen molar-refractivity contribution in [3.63, 3.8) is 0 Å². The second kappa shape index (κ2) is 6.48. The van der Waals surface area contributed by atoms with Crippen molar-refractivity contribution in [2.75, 3.05) is 13.6 Å². The van der Waals surface area contributed by atoms with Gasteiger partial charge in [-0.3, -0.25) is 4.79 Å². The predicted octanol–water partition coefficient (Wildman–Crippen LogP) is 4.08. The van der Waals surface area contributed by atoms with Gasteiger partial charge in [0.1, 0.15) is 0 Å². The van der Waals surface area contributed by atoms with Gasteiger partial charge in [-0.05, 0) is 31.5 Å². The Morgan fingerprint density at radius 1 is 1.35 bits per heavy atom. The highest BCUT2D eigenvalue weighted by atomic mass is 35.5. The van der Waals surface area contributed by atoms with Gasteiger partial charge in [0.15, 0.2) is 0 Å². The lowest BCUT2D eigenvalue weighted by molar-refractivity contribution is 0.0793. The minimum Gasteiger partial charge on any atom is -0.342 e. The van der Waals surface area contributed by atoms with E-state index >= 15 is 0 Å². The van der Waals surface area contributed by atoms with Crippen LogP contribution < -0.4 is 0 Å². The van der Waals surface area contributed by atoms with E-state index in [1.807, 2.05) is 6.92 Å². The van der Waals surface area contributed by atoms with Crippen LogP contribution in [0.25, 0.3) is 0 Å². The van der Waals surface area contributed by atoms with Gasteiger partial charge < -0.3 is 4.90 Å². The Bertz CT molecular complexity index is 407. The molecule has 1 rings (SSSR count). The lowest BCUT2D eigenvalue weighted by Gasteiger charge is -2.18. The summed E-state index contributed by atoms with van der Waals surface area (Å²) in [6, 6.07) is 4.86. The van der Waals surface area contributed by atoms with Gasteiger partial charge >= 0.3 is 0 Å². The highest BCUT2D eigenvalue weighted by Gasteiger charge is 2.13. The van der Waals surface area contributed by atoms with Crippen LogP contribution >= 0.6 is 34.8 Å². The maximum Gasteiger partial charge on any atom is 0.253 e. The largest absolute Gasteiger partial charge is 0.342 e. The average Bonchev–Trinajstić information content (AvgIpc) is 2.28. The molecule has 0 aliphatic rings. The van der Waals surface area contributed by atoms with Crippen molar-refractivity contribution < 1.29 is 4.79 Å². The molecule has 0 radical (unpaired) electrons. The molecule has 0 fully saturated rings. The molecule has 94 valence electrons. The van der Waals surface area contributed by atoms with Crippen molar-refractivity contribution in [1.29, 1.82) is 0 Å². The molecule has 0 heterocycles. The molecular weight excluding hydrogens is 280 g/mol. The summed E-state index contributed by atoms with van der Waals surface area (Å²) in [6.07, 6.45) is 0.755. The van der Waals surface area contributed by atoms with Crippen LogP contribution in [0.3, 0.4) is 0 Å². The number of hydrogen-bond donors (Lipinski definition) is 0. The van der Waals surface area contributed by atoms with Crippen molar-refractivity contribution in [1.82, 2.24) is 4.90 Å². The first kappa shape index (κ1) is 14.6. The lowest BCUT2D eigenvalue weighted by Crippen LogP contribution is -2.28. The number of alkyl halides is 1. The van der Waals surface area contributed by atoms with E-state index in [-0.39, 0.29) is 11.3 Å². The number of nitrogens with zero attached hydrogens (tertiary/aromatic N) is 1. The van der Waals surface area contributed by atoms with Crippen molar-refractivity contribution in [2.24, 2.45) is 0 Å². The van der Waals surface area contributed by atoms with Gasteiger partial charge in [-0.2, -0.15) is 0 Å². The number of hydrogen-bond acceptors (Lipinski definition) is 1. The Balaban J connectivity index is 2.71. The molecule has 1 aromatic rings. The first-order valence-corrected chi connectivity index (χ1v) is 6.45. The smallest absolute Gasteiger partial charge is 0.253 e. The molecule has 1 atom stereocenters. The van der Waals surface area contributed by atoms with E-state index in [2.05, 4.69) is 0 Å². The Labute approximate surface area is 116 Å². The summed E-state index contributed by atoms with van der Waals surface area (Å²) >= 11 is 17.5. The molecule has 1 unspecified atom stereocenters. The quantitative estimate of drug-likeness (QED) is 0.766. The van der Waals surface area contributed by atoms with Crippen molar-refractivity contribution in [2.45, 2.75) is 18.7 Å². The topological polar surface area (TPSA) is 20.3 Å². The van der Waals surface area contributed by atoms with Crippen LogP contribution in [0.2, 0.25) is 10.0 Å². The lowest BCUT2D eigenvalue weighted by atomic mass is 10.2. The average molecular weight is 295 g/mol. The van der Waals surface area contributed by atoms with Crippen molar-refractivity contribution in [3.8, 4) is 0 Å². The van der Waals surface area contributed by atoms with E-state index in [1.54, 1.807) is 30.1 Å². The van der Waals surface area contributed by atoms with E-state index < -0.39 is 0 Å². The maximum atomic E-state index is 12.0. The van der Waals surface area contributed by atoms with E-state index in [9.17, 15) is 4.79 Å². The third kappa shape index (κ3) is 4.38. The van der Waals surface area contributed by atoms with E-state index in [0.29, 0.717) is 22.2 Å². The molecule has 0 spiro atoms. The third-order valence-electron chi connectivity index (χ3n) is 2.38. The zero-order valence-corrected chi connectivity index (χ0v) is 12.0. The summed E-state index contributed by atoms with van der Waals surface area (Å²) in [5.74, 6) is -0.0825. The SMILES string of the molecule is CC(Cl)CCN(C)C(=O)c1ccc(Cl)c(Cl)c1. The normalized spacial score (nSPS) is 12.3. The molecule has 2 nitrogen and oxygen atoms in total. The number of benzene rings is 1. The number of halogens is 3. The monoisotopic (exact) mass is 293 g/mol. The van der Waals surface area contributed by atoms with Gasteiger partial charge in [0, 0.05) is 24.5 Å². The van der Waals surface area contributed by atoms with Crippen LogP contribution in [-0.4, -0.2) is 29.8 Å². The van der Waals surface area contributed by atoms with Gasteiger partial charge in [0.25, 0.3) is 5.91 Å². The fourth-order valence-electron chi connectivity index (χ4n) is 1.32. The second-order valence-corrected chi connectivity index (χ2v) is 5.48. The zero-order chi connectivity index (χ0) is 13.0. The highest BCUT2D eigenvalue weighted by Crippen LogP contribution is 2.23. The molecule has 17 heavy (non-hydrogen) atoms. The van der Waals surface area contributed by atoms with Crippen molar-refractivity contribution >= 4 is 40.7 Å². The fourth-order valence-corrected chi connectivity index (χ4v) is 1.72. The van der Waals surface area contributed by atoms with Crippen LogP contribution in [0.5, 0.6) is 0 Å². The molecule has 1 aromatic carbocycles. The van der Waals surface area contributed by atoms with Gasteiger partial charge in [0.05, 0.1) is 10.0 Å². The van der Waals surface area contributed by atoms with Crippen molar-refractivity contribution in [3.05, 3.63) is 33.8 Å². The molecule has 5 heteroatoms. The molecule has 0 saturated carbocycles. The van der Waals surface area contributed by atoms with E-state index in [0.717, 1.165) is 6.42 Å². The molecule has 0 bridgehead atoms. The Morgan fingerprint density at radius 3 is 2.53 bits per heavy atom. The molecule has 0 aliphatic heterocycles. The molecule has 1 amide bonds. The van der Waals surface area contributed by atoms with Gasteiger partial charge in [-0.25, -0.2) is 0 Å². The fraction of sp³-hybridized carbons (Fsp3) is 0.417. The maximum absolute atomic E-state index is 12.0. The van der Waals surface area contributed by atoms with Crippen LogP contribution in [0, 0.1) is 0 Å². The summed E-state index contributed by atoms with van der Waals surface area (Å²) < 4.78 is 0. The van der Waals surface area contributed by atoms with Crippen LogP contribution in [0.15, 0.2) is 18.2 Å². The third-order valence-corrected chi connectivity index (χ3v) is 3.33. The molecule has 0 saturated heterocycles. The van der Waals surface area contributed by atoms with Crippen LogP contribution in [0.1, 0.15) is 23.7 Å². The Morgan fingerprint density at radius 2 is 2.00 bits per heavy atom. The summed E-state index contributed by atoms with van der Waals surface area (Å²) in [5, 5.41) is 0.885. The molecule has 0 N–H and O–H groups in total.